The second-order valence-electron chi connectivity index (χ2n) is 5.96. The van der Waals surface area contributed by atoms with Gasteiger partial charge in [-0.2, -0.15) is 0 Å². The highest BCUT2D eigenvalue weighted by Crippen LogP contribution is 2.26. The van der Waals surface area contributed by atoms with Crippen molar-refractivity contribution < 1.29 is 0 Å². The minimum Gasteiger partial charge on any atom is -0.309 e. The van der Waals surface area contributed by atoms with Crippen molar-refractivity contribution in [2.45, 2.75) is 52.7 Å². The van der Waals surface area contributed by atoms with Crippen LogP contribution in [0.2, 0.25) is 0 Å². The van der Waals surface area contributed by atoms with Crippen molar-refractivity contribution in [3.63, 3.8) is 0 Å². The van der Waals surface area contributed by atoms with Gasteiger partial charge in [-0.15, -0.1) is 0 Å². The second-order valence-corrected chi connectivity index (χ2v) is 5.96. The number of hydrogen-bond acceptors (Lipinski definition) is 2. The van der Waals surface area contributed by atoms with Gasteiger partial charge < -0.3 is 5.32 Å². The van der Waals surface area contributed by atoms with Crippen LogP contribution in [0.15, 0.2) is 18.2 Å². The highest BCUT2D eigenvalue weighted by Gasteiger charge is 2.25. The maximum absolute atomic E-state index is 3.60. The van der Waals surface area contributed by atoms with E-state index in [9.17, 15) is 0 Å². The lowest BCUT2D eigenvalue weighted by Crippen LogP contribution is -2.54. The molecule has 1 aliphatic heterocycles. The molecule has 2 rings (SSSR count). The molecule has 1 aromatic rings. The van der Waals surface area contributed by atoms with Crippen LogP contribution in [-0.2, 0) is 0 Å². The molecule has 0 aliphatic carbocycles. The van der Waals surface area contributed by atoms with Gasteiger partial charge in [0.25, 0.3) is 0 Å². The Labute approximate surface area is 111 Å². The quantitative estimate of drug-likeness (QED) is 0.863. The van der Waals surface area contributed by atoms with Crippen molar-refractivity contribution in [2.75, 3.05) is 13.1 Å². The zero-order chi connectivity index (χ0) is 13.3. The molecule has 1 N–H and O–H groups in total. The van der Waals surface area contributed by atoms with Crippen molar-refractivity contribution in [3.05, 3.63) is 34.9 Å². The summed E-state index contributed by atoms with van der Waals surface area (Å²) in [6.07, 6.45) is 0. The van der Waals surface area contributed by atoms with Gasteiger partial charge in [-0.1, -0.05) is 23.8 Å². The zero-order valence-corrected chi connectivity index (χ0v) is 12.3. The van der Waals surface area contributed by atoms with E-state index in [1.54, 1.807) is 0 Å². The number of hydrogen-bond donors (Lipinski definition) is 1. The molecule has 0 bridgehead atoms. The minimum atomic E-state index is 0.511. The van der Waals surface area contributed by atoms with E-state index in [1.807, 2.05) is 0 Å². The molecule has 0 radical (unpaired) electrons. The number of rotatable bonds is 2. The Hall–Kier alpha value is -0.860. The summed E-state index contributed by atoms with van der Waals surface area (Å²) in [5.74, 6) is 0. The largest absolute Gasteiger partial charge is 0.309 e. The van der Waals surface area contributed by atoms with E-state index in [0.717, 1.165) is 13.1 Å². The summed E-state index contributed by atoms with van der Waals surface area (Å²) in [4.78, 5) is 2.60. The highest BCUT2D eigenvalue weighted by molar-refractivity contribution is 5.32. The van der Waals surface area contributed by atoms with Gasteiger partial charge in [-0.05, 0) is 45.7 Å². The van der Waals surface area contributed by atoms with Crippen molar-refractivity contribution in [2.24, 2.45) is 0 Å². The van der Waals surface area contributed by atoms with E-state index in [2.05, 4.69) is 63.0 Å². The van der Waals surface area contributed by atoms with Crippen LogP contribution in [0.3, 0.4) is 0 Å². The third-order valence-electron chi connectivity index (χ3n) is 4.02. The predicted molar refractivity (Wildman–Crippen MR) is 78.0 cm³/mol. The second kappa shape index (κ2) is 5.41. The van der Waals surface area contributed by atoms with Crippen molar-refractivity contribution >= 4 is 0 Å². The van der Waals surface area contributed by atoms with Crippen LogP contribution in [0.4, 0.5) is 0 Å². The molecule has 0 aromatic heterocycles. The lowest BCUT2D eigenvalue weighted by Gasteiger charge is -2.40. The molecule has 0 spiro atoms. The molecule has 2 nitrogen and oxygen atoms in total. The normalized spacial score (nSPS) is 27.2. The topological polar surface area (TPSA) is 15.3 Å². The monoisotopic (exact) mass is 246 g/mol. The molecule has 1 aromatic carbocycles. The number of benzene rings is 1. The Morgan fingerprint density at radius 2 is 1.78 bits per heavy atom. The highest BCUT2D eigenvalue weighted by atomic mass is 15.2. The molecule has 1 aliphatic rings. The molecule has 1 saturated heterocycles. The fourth-order valence-electron chi connectivity index (χ4n) is 3.09. The predicted octanol–water partition coefficient (Wildman–Crippen LogP) is 3.05. The van der Waals surface area contributed by atoms with Gasteiger partial charge in [0.2, 0.25) is 0 Å². The van der Waals surface area contributed by atoms with E-state index < -0.39 is 0 Å². The maximum Gasteiger partial charge on any atom is 0.0323 e. The first-order valence-corrected chi connectivity index (χ1v) is 7.04. The number of nitrogens with zero attached hydrogens (tertiary/aromatic N) is 1. The first kappa shape index (κ1) is 13.6. The fraction of sp³-hybridized carbons (Fsp3) is 0.625. The van der Waals surface area contributed by atoms with Gasteiger partial charge >= 0.3 is 0 Å². The van der Waals surface area contributed by atoms with E-state index in [-0.39, 0.29) is 0 Å². The number of nitrogens with one attached hydrogen (secondary N) is 1. The molecule has 100 valence electrons. The van der Waals surface area contributed by atoms with E-state index in [4.69, 9.17) is 0 Å². The van der Waals surface area contributed by atoms with E-state index in [1.165, 1.54) is 16.7 Å². The first-order valence-electron chi connectivity index (χ1n) is 7.04. The Morgan fingerprint density at radius 1 is 1.17 bits per heavy atom. The Morgan fingerprint density at radius 3 is 2.39 bits per heavy atom. The van der Waals surface area contributed by atoms with E-state index in [0.29, 0.717) is 18.1 Å². The molecule has 0 saturated carbocycles. The Kier molecular flexibility index (Phi) is 4.08. The summed E-state index contributed by atoms with van der Waals surface area (Å²) in [7, 11) is 0. The van der Waals surface area contributed by atoms with Gasteiger partial charge in [-0.3, -0.25) is 4.90 Å². The minimum absolute atomic E-state index is 0.511. The van der Waals surface area contributed by atoms with Crippen LogP contribution >= 0.6 is 0 Å². The molecule has 1 heterocycles. The average Bonchev–Trinajstić information content (AvgIpc) is 2.30. The fourth-order valence-corrected chi connectivity index (χ4v) is 3.09. The van der Waals surface area contributed by atoms with Gasteiger partial charge in [0.05, 0.1) is 0 Å². The molecule has 3 unspecified atom stereocenters. The van der Waals surface area contributed by atoms with E-state index >= 15 is 0 Å². The van der Waals surface area contributed by atoms with Gasteiger partial charge in [0.1, 0.15) is 0 Å². The van der Waals surface area contributed by atoms with Crippen molar-refractivity contribution in [1.29, 1.82) is 0 Å². The Bertz CT molecular complexity index is 404. The summed E-state index contributed by atoms with van der Waals surface area (Å²) in [6.45, 7) is 13.6. The third kappa shape index (κ3) is 2.93. The summed E-state index contributed by atoms with van der Waals surface area (Å²) >= 11 is 0. The first-order chi connectivity index (χ1) is 8.47. The van der Waals surface area contributed by atoms with Crippen LogP contribution in [0.25, 0.3) is 0 Å². The zero-order valence-electron chi connectivity index (χ0n) is 12.3. The molecule has 0 amide bonds. The lowest BCUT2D eigenvalue weighted by atomic mass is 9.97. The SMILES string of the molecule is Cc1ccc(C)c(C(C)N2CC(C)NC(C)C2)c1. The standard InChI is InChI=1S/C16H26N2/c1-11-6-7-12(2)16(8-11)15(5)18-9-13(3)17-14(4)10-18/h6-8,13-15,17H,9-10H2,1-5H3. The maximum atomic E-state index is 3.60. The van der Waals surface area contributed by atoms with Crippen LogP contribution in [0.5, 0.6) is 0 Å². The summed E-state index contributed by atoms with van der Waals surface area (Å²) in [5.41, 5.74) is 4.25. The van der Waals surface area contributed by atoms with Crippen LogP contribution in [-0.4, -0.2) is 30.1 Å². The summed E-state index contributed by atoms with van der Waals surface area (Å²) in [6, 6.07) is 8.47. The number of aryl methyl sites for hydroxylation is 2. The molecule has 2 heteroatoms. The third-order valence-corrected chi connectivity index (χ3v) is 4.02. The molecular weight excluding hydrogens is 220 g/mol. The molecular formula is C16H26N2. The molecule has 18 heavy (non-hydrogen) atoms. The van der Waals surface area contributed by atoms with Crippen LogP contribution in [0, 0.1) is 13.8 Å². The summed E-state index contributed by atoms with van der Waals surface area (Å²) < 4.78 is 0. The van der Waals surface area contributed by atoms with Crippen molar-refractivity contribution in [3.8, 4) is 0 Å². The van der Waals surface area contributed by atoms with Gasteiger partial charge in [0.15, 0.2) is 0 Å². The smallest absolute Gasteiger partial charge is 0.0323 e. The Balaban J connectivity index is 2.19. The molecule has 1 fully saturated rings. The van der Waals surface area contributed by atoms with Gasteiger partial charge in [0, 0.05) is 31.2 Å². The van der Waals surface area contributed by atoms with Crippen LogP contribution < -0.4 is 5.32 Å². The van der Waals surface area contributed by atoms with Crippen LogP contribution in [0.1, 0.15) is 43.5 Å². The number of piperazine rings is 1. The van der Waals surface area contributed by atoms with Crippen molar-refractivity contribution in [1.82, 2.24) is 10.2 Å². The summed E-state index contributed by atoms with van der Waals surface area (Å²) in [5, 5.41) is 3.60. The lowest BCUT2D eigenvalue weighted by molar-refractivity contribution is 0.131. The van der Waals surface area contributed by atoms with Gasteiger partial charge in [-0.25, -0.2) is 0 Å². The molecule has 3 atom stereocenters. The average molecular weight is 246 g/mol.